The normalized spacial score (nSPS) is 23.0. The predicted molar refractivity (Wildman–Crippen MR) is 86.1 cm³/mol. The van der Waals surface area contributed by atoms with Crippen LogP contribution >= 0.6 is 0 Å². The molecule has 3 heterocycles. The summed E-state index contributed by atoms with van der Waals surface area (Å²) in [4.78, 5) is 12.4. The third-order valence-electron chi connectivity index (χ3n) is 5.00. The molecule has 21 heavy (non-hydrogen) atoms. The molecule has 0 bridgehead atoms. The fourth-order valence-electron chi connectivity index (χ4n) is 3.57. The molecule has 0 aromatic carbocycles. The standard InChI is InChI=1S/C17H26N4/c1-2-6-12-21(11-5-1)17-14-7-3-4-10-18-16(14)19-15(20-17)13-8-9-13/h13H,1-12H2,(H,18,19,20). The number of aromatic nitrogens is 2. The van der Waals surface area contributed by atoms with E-state index in [9.17, 15) is 0 Å². The van der Waals surface area contributed by atoms with Crippen LogP contribution < -0.4 is 10.2 Å². The summed E-state index contributed by atoms with van der Waals surface area (Å²) in [6.07, 6.45) is 11.6. The second kappa shape index (κ2) is 5.82. The molecule has 1 saturated heterocycles. The van der Waals surface area contributed by atoms with Crippen LogP contribution in [0.2, 0.25) is 0 Å². The maximum atomic E-state index is 5.03. The molecule has 0 atom stereocenters. The average Bonchev–Trinajstić information content (AvgIpc) is 3.33. The Kier molecular flexibility index (Phi) is 3.70. The molecule has 114 valence electrons. The Labute approximate surface area is 127 Å². The minimum Gasteiger partial charge on any atom is -0.370 e. The Balaban J connectivity index is 1.73. The summed E-state index contributed by atoms with van der Waals surface area (Å²) in [6.45, 7) is 3.41. The van der Waals surface area contributed by atoms with Gasteiger partial charge in [-0.15, -0.1) is 0 Å². The van der Waals surface area contributed by atoms with E-state index in [1.165, 1.54) is 75.8 Å². The van der Waals surface area contributed by atoms with E-state index in [1.807, 2.05) is 0 Å². The highest BCUT2D eigenvalue weighted by molar-refractivity contribution is 5.60. The number of nitrogens with one attached hydrogen (secondary N) is 1. The first kappa shape index (κ1) is 13.4. The zero-order valence-corrected chi connectivity index (χ0v) is 12.9. The van der Waals surface area contributed by atoms with E-state index in [2.05, 4.69) is 10.2 Å². The largest absolute Gasteiger partial charge is 0.370 e. The second-order valence-corrected chi connectivity index (χ2v) is 6.79. The van der Waals surface area contributed by atoms with Crippen LogP contribution in [-0.4, -0.2) is 29.6 Å². The van der Waals surface area contributed by atoms with Gasteiger partial charge in [0, 0.05) is 31.1 Å². The highest BCUT2D eigenvalue weighted by Crippen LogP contribution is 2.41. The molecule has 1 aromatic rings. The van der Waals surface area contributed by atoms with Crippen LogP contribution in [0.3, 0.4) is 0 Å². The first-order valence-electron chi connectivity index (χ1n) is 8.81. The van der Waals surface area contributed by atoms with E-state index >= 15 is 0 Å². The third-order valence-corrected chi connectivity index (χ3v) is 5.00. The Hall–Kier alpha value is -1.32. The van der Waals surface area contributed by atoms with E-state index in [-0.39, 0.29) is 0 Å². The van der Waals surface area contributed by atoms with Gasteiger partial charge in [0.25, 0.3) is 0 Å². The molecule has 2 fully saturated rings. The highest BCUT2D eigenvalue weighted by atomic mass is 15.2. The van der Waals surface area contributed by atoms with Gasteiger partial charge in [0.05, 0.1) is 0 Å². The van der Waals surface area contributed by atoms with Crippen LogP contribution in [0.1, 0.15) is 68.7 Å². The van der Waals surface area contributed by atoms with Crippen molar-refractivity contribution in [1.82, 2.24) is 9.97 Å². The lowest BCUT2D eigenvalue weighted by Gasteiger charge is -2.25. The second-order valence-electron chi connectivity index (χ2n) is 6.79. The maximum absolute atomic E-state index is 5.03. The van der Waals surface area contributed by atoms with Crippen molar-refractivity contribution in [3.63, 3.8) is 0 Å². The molecule has 0 radical (unpaired) electrons. The van der Waals surface area contributed by atoms with Crippen LogP contribution in [0.5, 0.6) is 0 Å². The van der Waals surface area contributed by atoms with Gasteiger partial charge < -0.3 is 10.2 Å². The Morgan fingerprint density at radius 3 is 2.48 bits per heavy atom. The van der Waals surface area contributed by atoms with Crippen molar-refractivity contribution < 1.29 is 0 Å². The molecule has 4 rings (SSSR count). The first-order valence-corrected chi connectivity index (χ1v) is 8.81. The number of hydrogen-bond acceptors (Lipinski definition) is 4. The molecule has 0 spiro atoms. The van der Waals surface area contributed by atoms with Crippen molar-refractivity contribution in [2.24, 2.45) is 0 Å². The number of rotatable bonds is 2. The smallest absolute Gasteiger partial charge is 0.137 e. The topological polar surface area (TPSA) is 41.1 Å². The summed E-state index contributed by atoms with van der Waals surface area (Å²) in [5.74, 6) is 4.13. The lowest BCUT2D eigenvalue weighted by Crippen LogP contribution is -2.27. The van der Waals surface area contributed by atoms with Gasteiger partial charge in [0.2, 0.25) is 0 Å². The van der Waals surface area contributed by atoms with Gasteiger partial charge >= 0.3 is 0 Å². The summed E-state index contributed by atoms with van der Waals surface area (Å²) in [5, 5.41) is 3.57. The molecule has 4 nitrogen and oxygen atoms in total. The van der Waals surface area contributed by atoms with Gasteiger partial charge in [-0.2, -0.15) is 0 Å². The molecule has 2 aliphatic heterocycles. The van der Waals surface area contributed by atoms with Crippen molar-refractivity contribution in [3.05, 3.63) is 11.4 Å². The summed E-state index contributed by atoms with van der Waals surface area (Å²) in [5.41, 5.74) is 1.39. The molecular weight excluding hydrogens is 260 g/mol. The molecule has 3 aliphatic rings. The molecule has 1 aliphatic carbocycles. The Morgan fingerprint density at radius 1 is 0.905 bits per heavy atom. The fourth-order valence-corrected chi connectivity index (χ4v) is 3.57. The summed E-state index contributed by atoms with van der Waals surface area (Å²) in [7, 11) is 0. The molecule has 1 saturated carbocycles. The zero-order valence-electron chi connectivity index (χ0n) is 12.9. The van der Waals surface area contributed by atoms with Crippen LogP contribution in [0.15, 0.2) is 0 Å². The predicted octanol–water partition coefficient (Wildman–Crippen LogP) is 3.48. The Morgan fingerprint density at radius 2 is 1.71 bits per heavy atom. The minimum absolute atomic E-state index is 0.631. The molecule has 4 heteroatoms. The molecular formula is C17H26N4. The van der Waals surface area contributed by atoms with Crippen molar-refractivity contribution in [2.45, 2.75) is 63.7 Å². The summed E-state index contributed by atoms with van der Waals surface area (Å²) >= 11 is 0. The van der Waals surface area contributed by atoms with Crippen molar-refractivity contribution >= 4 is 11.6 Å². The van der Waals surface area contributed by atoms with Crippen molar-refractivity contribution in [2.75, 3.05) is 29.9 Å². The Bertz CT molecular complexity index is 502. The number of hydrogen-bond donors (Lipinski definition) is 1. The monoisotopic (exact) mass is 286 g/mol. The number of fused-ring (bicyclic) bond motifs is 1. The first-order chi connectivity index (χ1) is 10.4. The SMILES string of the molecule is C1CCCN(c2nc(C3CC3)nc3c2CCCCN3)CC1. The quantitative estimate of drug-likeness (QED) is 0.903. The fraction of sp³-hybridized carbons (Fsp3) is 0.765. The van der Waals surface area contributed by atoms with E-state index in [0.29, 0.717) is 5.92 Å². The lowest BCUT2D eigenvalue weighted by molar-refractivity contribution is 0.726. The third kappa shape index (κ3) is 2.85. The molecule has 1 N–H and O–H groups in total. The van der Waals surface area contributed by atoms with Crippen LogP contribution in [0, 0.1) is 0 Å². The van der Waals surface area contributed by atoms with Gasteiger partial charge in [0.1, 0.15) is 17.5 Å². The average molecular weight is 286 g/mol. The van der Waals surface area contributed by atoms with Gasteiger partial charge in [-0.25, -0.2) is 9.97 Å². The van der Waals surface area contributed by atoms with E-state index in [0.717, 1.165) is 24.6 Å². The van der Waals surface area contributed by atoms with E-state index in [4.69, 9.17) is 9.97 Å². The van der Waals surface area contributed by atoms with Crippen LogP contribution in [0.25, 0.3) is 0 Å². The molecule has 1 aromatic heterocycles. The van der Waals surface area contributed by atoms with Gasteiger partial charge in [-0.05, 0) is 44.9 Å². The summed E-state index contributed by atoms with van der Waals surface area (Å²) in [6, 6.07) is 0. The lowest BCUT2D eigenvalue weighted by atomic mass is 10.1. The molecule has 0 unspecified atom stereocenters. The summed E-state index contributed by atoms with van der Waals surface area (Å²) < 4.78 is 0. The highest BCUT2D eigenvalue weighted by Gasteiger charge is 2.30. The van der Waals surface area contributed by atoms with E-state index in [1.54, 1.807) is 0 Å². The van der Waals surface area contributed by atoms with Gasteiger partial charge in [0.15, 0.2) is 0 Å². The van der Waals surface area contributed by atoms with Crippen molar-refractivity contribution in [3.8, 4) is 0 Å². The zero-order chi connectivity index (χ0) is 14.1. The minimum atomic E-state index is 0.631. The van der Waals surface area contributed by atoms with Gasteiger partial charge in [-0.1, -0.05) is 12.8 Å². The van der Waals surface area contributed by atoms with Crippen molar-refractivity contribution in [1.29, 1.82) is 0 Å². The van der Waals surface area contributed by atoms with Gasteiger partial charge in [-0.3, -0.25) is 0 Å². The van der Waals surface area contributed by atoms with E-state index < -0.39 is 0 Å². The number of nitrogens with zero attached hydrogens (tertiary/aromatic N) is 3. The van der Waals surface area contributed by atoms with Crippen LogP contribution in [0.4, 0.5) is 11.6 Å². The number of anilines is 2. The van der Waals surface area contributed by atoms with Crippen LogP contribution in [-0.2, 0) is 6.42 Å². The molecule has 0 amide bonds. The maximum Gasteiger partial charge on any atom is 0.137 e.